The molecule has 0 unspecified atom stereocenters. The second-order valence-corrected chi connectivity index (χ2v) is 5.35. The molecule has 1 aromatic heterocycles. The van der Waals surface area contributed by atoms with E-state index in [9.17, 15) is 8.42 Å². The first-order chi connectivity index (χ1) is 7.38. The van der Waals surface area contributed by atoms with Gasteiger partial charge in [-0.3, -0.25) is 0 Å². The molecule has 0 spiro atoms. The summed E-state index contributed by atoms with van der Waals surface area (Å²) < 4.78 is 23.9. The number of rotatable bonds is 5. The van der Waals surface area contributed by atoms with Gasteiger partial charge < -0.3 is 11.1 Å². The predicted octanol–water partition coefficient (Wildman–Crippen LogP) is -0.0667. The van der Waals surface area contributed by atoms with Crippen molar-refractivity contribution in [3.8, 4) is 0 Å². The first-order valence-corrected chi connectivity index (χ1v) is 6.68. The van der Waals surface area contributed by atoms with Crippen molar-refractivity contribution in [1.29, 1.82) is 0 Å². The highest BCUT2D eigenvalue weighted by Gasteiger charge is 2.00. The lowest BCUT2D eigenvalue weighted by molar-refractivity contribution is 0.589. The van der Waals surface area contributed by atoms with Crippen LogP contribution < -0.4 is 15.8 Å². The number of hydrogen-bond donors (Lipinski definition) is 3. The molecule has 6 nitrogen and oxygen atoms in total. The van der Waals surface area contributed by atoms with Crippen LogP contribution in [0.25, 0.3) is 0 Å². The fourth-order valence-corrected chi connectivity index (χ4v) is 1.54. The Labute approximate surface area is 95.3 Å². The highest BCUT2D eigenvalue weighted by molar-refractivity contribution is 7.88. The molecule has 0 aliphatic heterocycles. The summed E-state index contributed by atoms with van der Waals surface area (Å²) in [5, 5.41) is 2.97. The Morgan fingerprint density at radius 2 is 2.12 bits per heavy atom. The highest BCUT2D eigenvalue weighted by atomic mass is 32.2. The third-order valence-electron chi connectivity index (χ3n) is 1.94. The Hall–Kier alpha value is -1.34. The lowest BCUT2D eigenvalue weighted by Gasteiger charge is -2.07. The van der Waals surface area contributed by atoms with Crippen molar-refractivity contribution >= 4 is 21.5 Å². The van der Waals surface area contributed by atoms with Crippen LogP contribution >= 0.6 is 0 Å². The lowest BCUT2D eigenvalue weighted by atomic mass is 10.2. The normalized spacial score (nSPS) is 11.4. The van der Waals surface area contributed by atoms with Gasteiger partial charge in [-0.25, -0.2) is 18.1 Å². The zero-order chi connectivity index (χ0) is 12.2. The molecule has 0 radical (unpaired) electrons. The highest BCUT2D eigenvalue weighted by Crippen LogP contribution is 2.12. The lowest BCUT2D eigenvalue weighted by Crippen LogP contribution is -2.27. The molecule has 1 rings (SSSR count). The number of nitrogens with one attached hydrogen (secondary N) is 2. The molecule has 0 fully saturated rings. The molecule has 0 saturated heterocycles. The van der Waals surface area contributed by atoms with Gasteiger partial charge in [0, 0.05) is 31.0 Å². The summed E-state index contributed by atoms with van der Waals surface area (Å²) in [4.78, 5) is 4.10. The van der Waals surface area contributed by atoms with Gasteiger partial charge in [-0.2, -0.15) is 0 Å². The maximum atomic E-state index is 10.8. The fourth-order valence-electron chi connectivity index (χ4n) is 1.06. The van der Waals surface area contributed by atoms with E-state index >= 15 is 0 Å². The van der Waals surface area contributed by atoms with Crippen LogP contribution in [-0.2, 0) is 10.0 Å². The maximum absolute atomic E-state index is 10.8. The van der Waals surface area contributed by atoms with Crippen molar-refractivity contribution in [3.63, 3.8) is 0 Å². The van der Waals surface area contributed by atoms with Crippen molar-refractivity contribution < 1.29 is 8.42 Å². The molecule has 0 saturated carbocycles. The van der Waals surface area contributed by atoms with Crippen LogP contribution in [0.4, 0.5) is 11.5 Å². The van der Waals surface area contributed by atoms with E-state index in [4.69, 9.17) is 5.73 Å². The van der Waals surface area contributed by atoms with Crippen molar-refractivity contribution in [1.82, 2.24) is 9.71 Å². The SMILES string of the molecule is Cc1cnc(NCCNS(C)(=O)=O)cc1N. The minimum atomic E-state index is -3.13. The molecular weight excluding hydrogens is 228 g/mol. The average Bonchev–Trinajstić information content (AvgIpc) is 2.17. The Kier molecular flexibility index (Phi) is 4.08. The van der Waals surface area contributed by atoms with Gasteiger partial charge in [-0.15, -0.1) is 0 Å². The van der Waals surface area contributed by atoms with E-state index in [1.165, 1.54) is 0 Å². The Balaban J connectivity index is 2.41. The molecule has 0 amide bonds. The van der Waals surface area contributed by atoms with E-state index in [2.05, 4.69) is 15.0 Å². The van der Waals surface area contributed by atoms with Gasteiger partial charge in [0.2, 0.25) is 10.0 Å². The van der Waals surface area contributed by atoms with E-state index in [0.29, 0.717) is 24.6 Å². The largest absolute Gasteiger partial charge is 0.398 e. The number of pyridine rings is 1. The zero-order valence-electron chi connectivity index (χ0n) is 9.32. The molecule has 0 bridgehead atoms. The number of nitrogens with two attached hydrogens (primary N) is 1. The third-order valence-corrected chi connectivity index (χ3v) is 2.67. The van der Waals surface area contributed by atoms with Crippen molar-refractivity contribution in [3.05, 3.63) is 17.8 Å². The molecule has 16 heavy (non-hydrogen) atoms. The van der Waals surface area contributed by atoms with Crippen LogP contribution in [0.2, 0.25) is 0 Å². The van der Waals surface area contributed by atoms with Gasteiger partial charge in [0.15, 0.2) is 0 Å². The summed E-state index contributed by atoms with van der Waals surface area (Å²) in [6, 6.07) is 1.72. The quantitative estimate of drug-likeness (QED) is 0.630. The van der Waals surface area contributed by atoms with E-state index in [-0.39, 0.29) is 0 Å². The molecule has 0 atom stereocenters. The van der Waals surface area contributed by atoms with E-state index < -0.39 is 10.0 Å². The number of hydrogen-bond acceptors (Lipinski definition) is 5. The van der Waals surface area contributed by atoms with Gasteiger partial charge >= 0.3 is 0 Å². The summed E-state index contributed by atoms with van der Waals surface area (Å²) in [6.07, 6.45) is 2.79. The minimum absolute atomic E-state index is 0.314. The van der Waals surface area contributed by atoms with Crippen LogP contribution in [0.3, 0.4) is 0 Å². The van der Waals surface area contributed by atoms with E-state index in [1.807, 2.05) is 6.92 Å². The Morgan fingerprint density at radius 1 is 1.44 bits per heavy atom. The summed E-state index contributed by atoms with van der Waals surface area (Å²) in [5.74, 6) is 0.637. The number of nitrogens with zero attached hydrogens (tertiary/aromatic N) is 1. The molecule has 1 aromatic rings. The van der Waals surface area contributed by atoms with Crippen molar-refractivity contribution in [2.45, 2.75) is 6.92 Å². The second kappa shape index (κ2) is 5.13. The van der Waals surface area contributed by atoms with Crippen molar-refractivity contribution in [2.24, 2.45) is 0 Å². The van der Waals surface area contributed by atoms with Crippen LogP contribution in [0.15, 0.2) is 12.3 Å². The predicted molar refractivity (Wildman–Crippen MR) is 64.7 cm³/mol. The van der Waals surface area contributed by atoms with Crippen molar-refractivity contribution in [2.75, 3.05) is 30.4 Å². The fraction of sp³-hybridized carbons (Fsp3) is 0.444. The van der Waals surface area contributed by atoms with Crippen LogP contribution in [0.1, 0.15) is 5.56 Å². The number of aromatic nitrogens is 1. The van der Waals surface area contributed by atoms with Crippen LogP contribution in [-0.4, -0.2) is 32.7 Å². The standard InChI is InChI=1S/C9H16N4O2S/c1-7-6-12-9(5-8(7)10)11-3-4-13-16(2,14)15/h5-6,13H,3-4H2,1-2H3,(H3,10,11,12). The third kappa shape index (κ3) is 4.45. The van der Waals surface area contributed by atoms with E-state index in [1.54, 1.807) is 12.3 Å². The molecule has 0 aliphatic rings. The zero-order valence-corrected chi connectivity index (χ0v) is 10.1. The summed E-state index contributed by atoms with van der Waals surface area (Å²) in [5.41, 5.74) is 7.28. The molecule has 4 N–H and O–H groups in total. The molecule has 90 valence electrons. The summed E-state index contributed by atoms with van der Waals surface area (Å²) in [6.45, 7) is 2.65. The summed E-state index contributed by atoms with van der Waals surface area (Å²) in [7, 11) is -3.13. The maximum Gasteiger partial charge on any atom is 0.208 e. The van der Waals surface area contributed by atoms with Gasteiger partial charge in [0.25, 0.3) is 0 Å². The van der Waals surface area contributed by atoms with Crippen LogP contribution in [0, 0.1) is 6.92 Å². The Morgan fingerprint density at radius 3 is 2.69 bits per heavy atom. The second-order valence-electron chi connectivity index (χ2n) is 3.52. The smallest absolute Gasteiger partial charge is 0.208 e. The van der Waals surface area contributed by atoms with Gasteiger partial charge in [0.1, 0.15) is 5.82 Å². The van der Waals surface area contributed by atoms with Gasteiger partial charge in [0.05, 0.1) is 6.26 Å². The first kappa shape index (κ1) is 12.7. The number of anilines is 2. The van der Waals surface area contributed by atoms with E-state index in [0.717, 1.165) is 11.8 Å². The minimum Gasteiger partial charge on any atom is -0.398 e. The number of sulfonamides is 1. The molecule has 0 aromatic carbocycles. The molecule has 0 aliphatic carbocycles. The van der Waals surface area contributed by atoms with Crippen LogP contribution in [0.5, 0.6) is 0 Å². The topological polar surface area (TPSA) is 97.1 Å². The summed E-state index contributed by atoms with van der Waals surface area (Å²) >= 11 is 0. The average molecular weight is 244 g/mol. The number of aryl methyl sites for hydroxylation is 1. The molecule has 7 heteroatoms. The van der Waals surface area contributed by atoms with Gasteiger partial charge in [-0.1, -0.05) is 0 Å². The monoisotopic (exact) mass is 244 g/mol. The number of nitrogen functional groups attached to an aromatic ring is 1. The molecule has 1 heterocycles. The molecular formula is C9H16N4O2S. The first-order valence-electron chi connectivity index (χ1n) is 4.79. The Bertz CT molecular complexity index is 459. The van der Waals surface area contributed by atoms with Gasteiger partial charge in [-0.05, 0) is 12.5 Å².